The van der Waals surface area contributed by atoms with Gasteiger partial charge in [0.1, 0.15) is 17.3 Å². The van der Waals surface area contributed by atoms with Crippen molar-refractivity contribution in [3.8, 4) is 0 Å². The summed E-state index contributed by atoms with van der Waals surface area (Å²) >= 11 is 11.2. The number of benzene rings is 1. The molecule has 2 nitrogen and oxygen atoms in total. The molecule has 0 unspecified atom stereocenters. The van der Waals surface area contributed by atoms with E-state index in [1.54, 1.807) is 6.92 Å². The van der Waals surface area contributed by atoms with Crippen LogP contribution < -0.4 is 5.73 Å². The fraction of sp³-hybridized carbons (Fsp3) is 0.222. The number of nitrogens with two attached hydrogens (primary N) is 1. The lowest BCUT2D eigenvalue weighted by Gasteiger charge is -2.02. The van der Waals surface area contributed by atoms with Gasteiger partial charge in [0, 0.05) is 5.02 Å². The van der Waals surface area contributed by atoms with Crippen LogP contribution >= 0.6 is 23.2 Å². The molecular formula is C9H9Cl2FN2. The van der Waals surface area contributed by atoms with Crippen molar-refractivity contribution in [2.75, 3.05) is 5.88 Å². The fourth-order valence-corrected chi connectivity index (χ4v) is 1.12. The SMILES string of the molecule is Cc1cc(F)c(N=C(N)CCl)cc1Cl. The molecule has 0 saturated carbocycles. The molecule has 1 aromatic carbocycles. The Morgan fingerprint density at radius 3 is 2.79 bits per heavy atom. The zero-order valence-electron chi connectivity index (χ0n) is 7.52. The van der Waals surface area contributed by atoms with Gasteiger partial charge in [0.2, 0.25) is 0 Å². The molecule has 1 rings (SSSR count). The molecule has 0 aliphatic heterocycles. The smallest absolute Gasteiger partial charge is 0.149 e. The Balaban J connectivity index is 3.16. The molecule has 0 fully saturated rings. The van der Waals surface area contributed by atoms with E-state index in [9.17, 15) is 4.39 Å². The quantitative estimate of drug-likeness (QED) is 0.477. The van der Waals surface area contributed by atoms with E-state index >= 15 is 0 Å². The predicted molar refractivity (Wildman–Crippen MR) is 58.1 cm³/mol. The summed E-state index contributed by atoms with van der Waals surface area (Å²) in [4.78, 5) is 3.78. The van der Waals surface area contributed by atoms with Gasteiger partial charge >= 0.3 is 0 Å². The van der Waals surface area contributed by atoms with Gasteiger partial charge in [0.25, 0.3) is 0 Å². The average Bonchev–Trinajstić information content (AvgIpc) is 2.14. The molecule has 0 heterocycles. The molecule has 2 N–H and O–H groups in total. The van der Waals surface area contributed by atoms with E-state index in [0.717, 1.165) is 0 Å². The second-order valence-corrected chi connectivity index (χ2v) is 3.46. The molecule has 0 saturated heterocycles. The third-order valence-electron chi connectivity index (χ3n) is 1.63. The molecule has 0 amide bonds. The second kappa shape index (κ2) is 4.62. The lowest BCUT2D eigenvalue weighted by atomic mass is 10.2. The monoisotopic (exact) mass is 234 g/mol. The minimum atomic E-state index is -0.458. The number of aliphatic imine (C=N–C) groups is 1. The molecular weight excluding hydrogens is 226 g/mol. The van der Waals surface area contributed by atoms with Gasteiger partial charge in [0.15, 0.2) is 0 Å². The van der Waals surface area contributed by atoms with Gasteiger partial charge in [-0.25, -0.2) is 9.38 Å². The van der Waals surface area contributed by atoms with Crippen molar-refractivity contribution >= 4 is 34.7 Å². The van der Waals surface area contributed by atoms with Crippen molar-refractivity contribution < 1.29 is 4.39 Å². The van der Waals surface area contributed by atoms with Crippen LogP contribution in [-0.4, -0.2) is 11.7 Å². The number of alkyl halides is 1. The number of nitrogens with zero attached hydrogens (tertiary/aromatic N) is 1. The Morgan fingerprint density at radius 2 is 2.21 bits per heavy atom. The van der Waals surface area contributed by atoms with Crippen LogP contribution in [0.5, 0.6) is 0 Å². The van der Waals surface area contributed by atoms with Crippen molar-refractivity contribution in [3.05, 3.63) is 28.5 Å². The minimum Gasteiger partial charge on any atom is -0.386 e. The Kier molecular flexibility index (Phi) is 3.72. The normalized spacial score (nSPS) is 11.9. The number of aryl methyl sites for hydroxylation is 1. The van der Waals surface area contributed by atoms with Crippen molar-refractivity contribution in [2.24, 2.45) is 10.7 Å². The van der Waals surface area contributed by atoms with Crippen molar-refractivity contribution in [1.82, 2.24) is 0 Å². The third-order valence-corrected chi connectivity index (χ3v) is 2.31. The lowest BCUT2D eigenvalue weighted by Crippen LogP contribution is -2.12. The summed E-state index contributed by atoms with van der Waals surface area (Å²) in [6.07, 6.45) is 0. The molecule has 14 heavy (non-hydrogen) atoms. The Morgan fingerprint density at radius 1 is 1.57 bits per heavy atom. The topological polar surface area (TPSA) is 38.4 Å². The zero-order chi connectivity index (χ0) is 10.7. The highest BCUT2D eigenvalue weighted by Crippen LogP contribution is 2.25. The maximum Gasteiger partial charge on any atom is 0.149 e. The highest BCUT2D eigenvalue weighted by Gasteiger charge is 2.05. The lowest BCUT2D eigenvalue weighted by molar-refractivity contribution is 0.628. The van der Waals surface area contributed by atoms with Crippen LogP contribution in [0.2, 0.25) is 5.02 Å². The summed E-state index contributed by atoms with van der Waals surface area (Å²) in [5.74, 6) is -0.240. The largest absolute Gasteiger partial charge is 0.386 e. The molecule has 5 heteroatoms. The van der Waals surface area contributed by atoms with E-state index in [1.165, 1.54) is 12.1 Å². The van der Waals surface area contributed by atoms with Gasteiger partial charge in [-0.3, -0.25) is 0 Å². The molecule has 0 radical (unpaired) electrons. The first kappa shape index (κ1) is 11.3. The first-order valence-electron chi connectivity index (χ1n) is 3.89. The first-order chi connectivity index (χ1) is 6.54. The Labute approximate surface area is 91.5 Å². The van der Waals surface area contributed by atoms with Crippen LogP contribution in [0, 0.1) is 12.7 Å². The van der Waals surface area contributed by atoms with E-state index in [4.69, 9.17) is 28.9 Å². The van der Waals surface area contributed by atoms with E-state index < -0.39 is 5.82 Å². The highest BCUT2D eigenvalue weighted by molar-refractivity contribution is 6.31. The van der Waals surface area contributed by atoms with Gasteiger partial charge in [-0.05, 0) is 24.6 Å². The summed E-state index contributed by atoms with van der Waals surface area (Å²) in [7, 11) is 0. The van der Waals surface area contributed by atoms with E-state index in [1.807, 2.05) is 0 Å². The van der Waals surface area contributed by atoms with E-state index in [2.05, 4.69) is 4.99 Å². The average molecular weight is 235 g/mol. The zero-order valence-corrected chi connectivity index (χ0v) is 9.03. The molecule has 0 aromatic heterocycles. The summed E-state index contributed by atoms with van der Waals surface area (Å²) in [5.41, 5.74) is 6.14. The van der Waals surface area contributed by atoms with Crippen LogP contribution in [-0.2, 0) is 0 Å². The minimum absolute atomic E-state index is 0.0605. The fourth-order valence-electron chi connectivity index (χ4n) is 0.906. The molecule has 76 valence electrons. The third kappa shape index (κ3) is 2.59. The van der Waals surface area contributed by atoms with Crippen molar-refractivity contribution in [2.45, 2.75) is 6.92 Å². The van der Waals surface area contributed by atoms with Crippen LogP contribution in [0.3, 0.4) is 0 Å². The Bertz CT molecular complexity index is 377. The van der Waals surface area contributed by atoms with Gasteiger partial charge in [-0.2, -0.15) is 0 Å². The maximum atomic E-state index is 13.3. The molecule has 0 bridgehead atoms. The molecule has 0 aliphatic carbocycles. The summed E-state index contributed by atoms with van der Waals surface area (Å²) in [5, 5.41) is 0.451. The number of rotatable bonds is 2. The Hall–Kier alpha value is -0.800. The molecule has 0 aliphatic rings. The molecule has 0 spiro atoms. The van der Waals surface area contributed by atoms with Crippen LogP contribution in [0.25, 0.3) is 0 Å². The van der Waals surface area contributed by atoms with Gasteiger partial charge in [-0.15, -0.1) is 11.6 Å². The predicted octanol–water partition coefficient (Wildman–Crippen LogP) is 3.02. The summed E-state index contributed by atoms with van der Waals surface area (Å²) in [6, 6.07) is 2.73. The highest BCUT2D eigenvalue weighted by atomic mass is 35.5. The van der Waals surface area contributed by atoms with Crippen LogP contribution in [0.4, 0.5) is 10.1 Å². The van der Waals surface area contributed by atoms with Crippen molar-refractivity contribution in [1.29, 1.82) is 0 Å². The van der Waals surface area contributed by atoms with Crippen molar-refractivity contribution in [3.63, 3.8) is 0 Å². The van der Waals surface area contributed by atoms with Gasteiger partial charge in [0.05, 0.1) is 5.88 Å². The summed E-state index contributed by atoms with van der Waals surface area (Å²) < 4.78 is 13.3. The van der Waals surface area contributed by atoms with E-state index in [-0.39, 0.29) is 17.4 Å². The first-order valence-corrected chi connectivity index (χ1v) is 4.80. The standard InChI is InChI=1S/C9H9Cl2FN2/c1-5-2-7(12)8(3-6(5)11)14-9(13)4-10/h2-3H,4H2,1H3,(H2,13,14). The molecule has 0 atom stereocenters. The molecule has 1 aromatic rings. The number of hydrogen-bond acceptors (Lipinski definition) is 1. The maximum absolute atomic E-state index is 13.3. The number of hydrogen-bond donors (Lipinski definition) is 1. The van der Waals surface area contributed by atoms with Gasteiger partial charge < -0.3 is 5.73 Å². The summed E-state index contributed by atoms with van der Waals surface area (Å²) in [6.45, 7) is 1.71. The van der Waals surface area contributed by atoms with Gasteiger partial charge in [-0.1, -0.05) is 11.6 Å². The second-order valence-electron chi connectivity index (χ2n) is 2.79. The number of amidine groups is 1. The van der Waals surface area contributed by atoms with E-state index in [0.29, 0.717) is 10.6 Å². The van der Waals surface area contributed by atoms with Crippen LogP contribution in [0.1, 0.15) is 5.56 Å². The number of halogens is 3. The van der Waals surface area contributed by atoms with Crippen LogP contribution in [0.15, 0.2) is 17.1 Å².